The van der Waals surface area contributed by atoms with Gasteiger partial charge in [-0.2, -0.15) is 0 Å². The Kier molecular flexibility index (Phi) is 5.15. The number of hydrogen-bond acceptors (Lipinski definition) is 5. The van der Waals surface area contributed by atoms with Crippen LogP contribution in [-0.2, 0) is 16.1 Å². The highest BCUT2D eigenvalue weighted by atomic mass is 16.5. The molecule has 6 heteroatoms. The van der Waals surface area contributed by atoms with Gasteiger partial charge in [-0.15, -0.1) is 0 Å². The van der Waals surface area contributed by atoms with E-state index in [1.807, 2.05) is 30.3 Å². The van der Waals surface area contributed by atoms with Gasteiger partial charge in [0.1, 0.15) is 11.4 Å². The van der Waals surface area contributed by atoms with Gasteiger partial charge in [-0.3, -0.25) is 4.79 Å². The molecule has 3 rings (SSSR count). The molecular weight excluding hydrogens is 308 g/mol. The average Bonchev–Trinajstić information content (AvgIpc) is 3.26. The van der Waals surface area contributed by atoms with Crippen molar-refractivity contribution in [3.8, 4) is 17.1 Å². The topological polar surface area (TPSA) is 64.8 Å². The van der Waals surface area contributed by atoms with Gasteiger partial charge in [-0.05, 0) is 25.0 Å². The highest BCUT2D eigenvalue weighted by molar-refractivity contribution is 5.73. The molecule has 0 spiro atoms. The molecule has 1 fully saturated rings. The minimum atomic E-state index is 0.0106. The quantitative estimate of drug-likeness (QED) is 0.815. The zero-order valence-electron chi connectivity index (χ0n) is 14.0. The van der Waals surface area contributed by atoms with Crippen LogP contribution >= 0.6 is 0 Å². The summed E-state index contributed by atoms with van der Waals surface area (Å²) in [5, 5.41) is 4.09. The molecule has 0 aliphatic carbocycles. The van der Waals surface area contributed by atoms with Crippen LogP contribution in [0.5, 0.6) is 5.75 Å². The van der Waals surface area contributed by atoms with E-state index in [-0.39, 0.29) is 12.0 Å². The molecule has 2 aromatic rings. The summed E-state index contributed by atoms with van der Waals surface area (Å²) in [5.74, 6) is 1.43. The molecule has 1 saturated heterocycles. The van der Waals surface area contributed by atoms with Crippen LogP contribution in [0.3, 0.4) is 0 Å². The van der Waals surface area contributed by atoms with Gasteiger partial charge in [0, 0.05) is 31.7 Å². The van der Waals surface area contributed by atoms with Crippen LogP contribution in [0.15, 0.2) is 34.9 Å². The first-order chi connectivity index (χ1) is 11.7. The molecule has 1 aromatic heterocycles. The van der Waals surface area contributed by atoms with Crippen molar-refractivity contribution >= 4 is 5.91 Å². The fourth-order valence-corrected chi connectivity index (χ4v) is 2.83. The number of benzene rings is 1. The summed E-state index contributed by atoms with van der Waals surface area (Å²) in [7, 11) is 1.63. The predicted molar refractivity (Wildman–Crippen MR) is 88.6 cm³/mol. The second-order valence-corrected chi connectivity index (χ2v) is 5.95. The van der Waals surface area contributed by atoms with Crippen LogP contribution in [0.1, 0.15) is 25.5 Å². The number of amides is 1. The summed E-state index contributed by atoms with van der Waals surface area (Å²) in [6.07, 6.45) is 2.18. The van der Waals surface area contributed by atoms with Crippen molar-refractivity contribution in [2.24, 2.45) is 0 Å². The first-order valence-corrected chi connectivity index (χ1v) is 8.13. The maximum absolute atomic E-state index is 11.9. The van der Waals surface area contributed by atoms with Gasteiger partial charge in [0.25, 0.3) is 0 Å². The third-order valence-corrected chi connectivity index (χ3v) is 4.16. The van der Waals surface area contributed by atoms with E-state index in [1.54, 1.807) is 18.9 Å². The summed E-state index contributed by atoms with van der Waals surface area (Å²) in [5.41, 5.74) is 1.61. The molecule has 1 aromatic carbocycles. The third kappa shape index (κ3) is 3.94. The van der Waals surface area contributed by atoms with Crippen molar-refractivity contribution in [3.63, 3.8) is 0 Å². The average molecular weight is 330 g/mol. The van der Waals surface area contributed by atoms with Crippen LogP contribution in [0.4, 0.5) is 0 Å². The van der Waals surface area contributed by atoms with Gasteiger partial charge >= 0.3 is 0 Å². The lowest BCUT2D eigenvalue weighted by atomic mass is 10.1. The summed E-state index contributed by atoms with van der Waals surface area (Å²) >= 11 is 0. The van der Waals surface area contributed by atoms with Gasteiger partial charge in [0.2, 0.25) is 5.91 Å². The first-order valence-electron chi connectivity index (χ1n) is 8.13. The lowest BCUT2D eigenvalue weighted by molar-refractivity contribution is -0.131. The van der Waals surface area contributed by atoms with Crippen LogP contribution in [0.25, 0.3) is 11.3 Å². The summed E-state index contributed by atoms with van der Waals surface area (Å²) in [4.78, 5) is 13.6. The molecule has 1 amide bonds. The summed E-state index contributed by atoms with van der Waals surface area (Å²) < 4.78 is 16.3. The van der Waals surface area contributed by atoms with E-state index in [2.05, 4.69) is 5.16 Å². The molecule has 24 heavy (non-hydrogen) atoms. The monoisotopic (exact) mass is 330 g/mol. The van der Waals surface area contributed by atoms with Gasteiger partial charge in [-0.1, -0.05) is 17.3 Å². The minimum absolute atomic E-state index is 0.0106. The number of methoxy groups -OCH3 is 1. The summed E-state index contributed by atoms with van der Waals surface area (Å²) in [6.45, 7) is 3.36. The Morgan fingerprint density at radius 1 is 1.42 bits per heavy atom. The number of aromatic nitrogens is 1. The molecule has 2 heterocycles. The molecule has 128 valence electrons. The Balaban J connectivity index is 1.70. The van der Waals surface area contributed by atoms with E-state index in [9.17, 15) is 4.79 Å². The maximum atomic E-state index is 11.9. The Bertz CT molecular complexity index is 692. The Hall–Kier alpha value is -2.34. The fourth-order valence-electron chi connectivity index (χ4n) is 2.83. The van der Waals surface area contributed by atoms with Crippen molar-refractivity contribution in [2.45, 2.75) is 32.4 Å². The molecule has 6 nitrogen and oxygen atoms in total. The Morgan fingerprint density at radius 2 is 2.29 bits per heavy atom. The highest BCUT2D eigenvalue weighted by Gasteiger charge is 2.22. The second-order valence-electron chi connectivity index (χ2n) is 5.95. The van der Waals surface area contributed by atoms with Crippen LogP contribution < -0.4 is 4.74 Å². The van der Waals surface area contributed by atoms with E-state index < -0.39 is 0 Å². The van der Waals surface area contributed by atoms with Crippen LogP contribution in [0.2, 0.25) is 0 Å². The number of nitrogens with zero attached hydrogens (tertiary/aromatic N) is 2. The molecule has 0 N–H and O–H groups in total. The van der Waals surface area contributed by atoms with Crippen molar-refractivity contribution in [3.05, 3.63) is 36.0 Å². The third-order valence-electron chi connectivity index (χ3n) is 4.16. The zero-order chi connectivity index (χ0) is 16.9. The van der Waals surface area contributed by atoms with Gasteiger partial charge in [0.15, 0.2) is 5.76 Å². The molecule has 1 aliphatic heterocycles. The van der Waals surface area contributed by atoms with E-state index in [4.69, 9.17) is 14.0 Å². The van der Waals surface area contributed by atoms with Crippen LogP contribution in [-0.4, -0.2) is 42.3 Å². The molecule has 1 aliphatic rings. The SMILES string of the molecule is COc1cccc(-c2cc(CN(CC3CCCO3)C(C)=O)no2)c1. The van der Waals surface area contributed by atoms with Gasteiger partial charge < -0.3 is 18.9 Å². The molecule has 0 radical (unpaired) electrons. The van der Waals surface area contributed by atoms with E-state index in [0.29, 0.717) is 18.8 Å². The second kappa shape index (κ2) is 7.49. The van der Waals surface area contributed by atoms with E-state index in [1.165, 1.54) is 0 Å². The Labute approximate surface area is 141 Å². The lowest BCUT2D eigenvalue weighted by Gasteiger charge is -2.22. The van der Waals surface area contributed by atoms with Gasteiger partial charge in [-0.25, -0.2) is 0 Å². The van der Waals surface area contributed by atoms with Crippen molar-refractivity contribution < 1.29 is 18.8 Å². The molecule has 1 unspecified atom stereocenters. The summed E-state index contributed by atoms with van der Waals surface area (Å²) in [6, 6.07) is 9.46. The highest BCUT2D eigenvalue weighted by Crippen LogP contribution is 2.25. The van der Waals surface area contributed by atoms with Crippen LogP contribution in [0, 0.1) is 0 Å². The van der Waals surface area contributed by atoms with Crippen molar-refractivity contribution in [1.29, 1.82) is 0 Å². The normalized spacial score (nSPS) is 17.0. The molecule has 0 bridgehead atoms. The standard InChI is InChI=1S/C18H22N2O4/c1-13(21)20(12-17-7-4-8-23-17)11-15-10-18(24-19-15)14-5-3-6-16(9-14)22-2/h3,5-6,9-10,17H,4,7-8,11-12H2,1-2H3. The Morgan fingerprint density at radius 3 is 3.00 bits per heavy atom. The van der Waals surface area contributed by atoms with E-state index >= 15 is 0 Å². The van der Waals surface area contributed by atoms with Crippen molar-refractivity contribution in [2.75, 3.05) is 20.3 Å². The number of carbonyl (C=O) groups excluding carboxylic acids is 1. The first kappa shape index (κ1) is 16.5. The largest absolute Gasteiger partial charge is 0.497 e. The maximum Gasteiger partial charge on any atom is 0.219 e. The number of hydrogen-bond donors (Lipinski definition) is 0. The van der Waals surface area contributed by atoms with Crippen molar-refractivity contribution in [1.82, 2.24) is 10.1 Å². The minimum Gasteiger partial charge on any atom is -0.497 e. The predicted octanol–water partition coefficient (Wildman–Crippen LogP) is 2.88. The lowest BCUT2D eigenvalue weighted by Crippen LogP contribution is -2.35. The number of ether oxygens (including phenoxy) is 2. The molecule has 1 atom stereocenters. The van der Waals surface area contributed by atoms with Gasteiger partial charge in [0.05, 0.1) is 19.8 Å². The molecular formula is C18H22N2O4. The zero-order valence-corrected chi connectivity index (χ0v) is 14.0. The smallest absolute Gasteiger partial charge is 0.219 e. The molecule has 0 saturated carbocycles. The number of carbonyl (C=O) groups is 1. The van der Waals surface area contributed by atoms with E-state index in [0.717, 1.165) is 36.5 Å². The fraction of sp³-hybridized carbons (Fsp3) is 0.444. The number of rotatable bonds is 6.